The zero-order valence-corrected chi connectivity index (χ0v) is 9.58. The van der Waals surface area contributed by atoms with Crippen LogP contribution in [0.25, 0.3) is 0 Å². The molecule has 1 aromatic rings. The summed E-state index contributed by atoms with van der Waals surface area (Å²) in [5.74, 6) is -0.0605. The number of hydrogen-bond donors (Lipinski definition) is 1. The fourth-order valence-electron chi connectivity index (χ4n) is 0.909. The van der Waals surface area contributed by atoms with Crippen molar-refractivity contribution in [2.75, 3.05) is 0 Å². The van der Waals surface area contributed by atoms with Crippen molar-refractivity contribution < 1.29 is 9.50 Å². The molecule has 0 amide bonds. The number of rotatable bonds is 1. The molecule has 0 saturated heterocycles. The van der Waals surface area contributed by atoms with Gasteiger partial charge in [0, 0.05) is 0 Å². The van der Waals surface area contributed by atoms with E-state index >= 15 is 0 Å². The smallest absolute Gasteiger partial charge is 0.148 e. The van der Waals surface area contributed by atoms with Crippen LogP contribution in [0.4, 0.5) is 4.39 Å². The molecule has 0 aliphatic heterocycles. The van der Waals surface area contributed by atoms with Gasteiger partial charge in [-0.3, -0.25) is 0 Å². The Hall–Kier alpha value is -0.280. The van der Waals surface area contributed by atoms with Gasteiger partial charge in [-0.15, -0.1) is 0 Å². The van der Waals surface area contributed by atoms with E-state index in [4.69, 9.17) is 11.6 Å². The fourth-order valence-corrected chi connectivity index (χ4v) is 1.70. The van der Waals surface area contributed by atoms with Gasteiger partial charge in [0.05, 0.1) is 9.50 Å². The summed E-state index contributed by atoms with van der Waals surface area (Å²) < 4.78 is 13.9. The molecule has 0 aromatic heterocycles. The van der Waals surface area contributed by atoms with E-state index in [1.165, 1.54) is 26.0 Å². The lowest BCUT2D eigenvalue weighted by atomic mass is 10.0. The highest BCUT2D eigenvalue weighted by molar-refractivity contribution is 9.10. The first kappa shape index (κ1) is 10.8. The van der Waals surface area contributed by atoms with Gasteiger partial charge in [0.1, 0.15) is 11.4 Å². The second-order valence-corrected chi connectivity index (χ2v) is 4.52. The van der Waals surface area contributed by atoms with E-state index in [9.17, 15) is 9.50 Å². The predicted molar refractivity (Wildman–Crippen MR) is 55.0 cm³/mol. The van der Waals surface area contributed by atoms with Crippen LogP contribution in [0, 0.1) is 0 Å². The first-order valence-electron chi connectivity index (χ1n) is 3.70. The van der Waals surface area contributed by atoms with Gasteiger partial charge in [0.2, 0.25) is 0 Å². The Balaban J connectivity index is 3.29. The van der Waals surface area contributed by atoms with Crippen molar-refractivity contribution in [3.8, 4) is 5.75 Å². The van der Waals surface area contributed by atoms with Crippen LogP contribution in [-0.2, 0) is 5.67 Å². The van der Waals surface area contributed by atoms with E-state index in [0.717, 1.165) is 0 Å². The van der Waals surface area contributed by atoms with E-state index in [1.807, 2.05) is 0 Å². The summed E-state index contributed by atoms with van der Waals surface area (Å²) >= 11 is 8.77. The van der Waals surface area contributed by atoms with E-state index in [1.54, 1.807) is 0 Å². The molecular weight excluding hydrogens is 258 g/mol. The SMILES string of the molecule is CC(C)(F)c1cc(Cl)c(O)c(Br)c1. The number of phenols is 1. The summed E-state index contributed by atoms with van der Waals surface area (Å²) in [6.07, 6.45) is 0. The largest absolute Gasteiger partial charge is 0.505 e. The Morgan fingerprint density at radius 2 is 2.00 bits per heavy atom. The Morgan fingerprint density at radius 3 is 2.38 bits per heavy atom. The minimum atomic E-state index is -1.46. The van der Waals surface area contributed by atoms with Crippen molar-refractivity contribution >= 4 is 27.5 Å². The number of aromatic hydroxyl groups is 1. The highest BCUT2D eigenvalue weighted by Gasteiger charge is 2.21. The van der Waals surface area contributed by atoms with Crippen molar-refractivity contribution in [3.63, 3.8) is 0 Å². The van der Waals surface area contributed by atoms with Crippen molar-refractivity contribution in [3.05, 3.63) is 27.2 Å². The molecule has 1 rings (SSSR count). The monoisotopic (exact) mass is 266 g/mol. The molecule has 0 unspecified atom stereocenters. The molecule has 0 fully saturated rings. The Kier molecular flexibility index (Phi) is 2.88. The topological polar surface area (TPSA) is 20.2 Å². The van der Waals surface area contributed by atoms with Crippen LogP contribution in [0.5, 0.6) is 5.75 Å². The highest BCUT2D eigenvalue weighted by Crippen LogP contribution is 2.37. The van der Waals surface area contributed by atoms with Crippen LogP contribution in [0.1, 0.15) is 19.4 Å². The Labute approximate surface area is 89.7 Å². The number of hydrogen-bond acceptors (Lipinski definition) is 1. The molecule has 0 radical (unpaired) electrons. The Bertz CT molecular complexity index is 310. The van der Waals surface area contributed by atoms with E-state index < -0.39 is 5.67 Å². The average Bonchev–Trinajstić information content (AvgIpc) is 1.97. The number of halogens is 3. The van der Waals surface area contributed by atoms with Gasteiger partial charge < -0.3 is 5.11 Å². The molecule has 1 N–H and O–H groups in total. The molecule has 72 valence electrons. The van der Waals surface area contributed by atoms with Gasteiger partial charge in [0.25, 0.3) is 0 Å². The third-order valence-corrected chi connectivity index (χ3v) is 2.60. The first-order chi connectivity index (χ1) is 5.82. The predicted octanol–water partition coefficient (Wildman–Crippen LogP) is 4.01. The number of alkyl halides is 1. The first-order valence-corrected chi connectivity index (χ1v) is 4.87. The molecule has 1 nitrogen and oxygen atoms in total. The summed E-state index contributed by atoms with van der Waals surface area (Å²) in [5, 5.41) is 9.44. The average molecular weight is 268 g/mol. The quantitative estimate of drug-likeness (QED) is 0.815. The second-order valence-electron chi connectivity index (χ2n) is 3.26. The lowest BCUT2D eigenvalue weighted by molar-refractivity contribution is 0.221. The van der Waals surface area contributed by atoms with Gasteiger partial charge in [-0.1, -0.05) is 11.6 Å². The molecular formula is C9H9BrClFO. The molecule has 0 spiro atoms. The van der Waals surface area contributed by atoms with E-state index in [-0.39, 0.29) is 10.8 Å². The second kappa shape index (κ2) is 3.46. The van der Waals surface area contributed by atoms with Crippen LogP contribution < -0.4 is 0 Å². The maximum Gasteiger partial charge on any atom is 0.148 e. The van der Waals surface area contributed by atoms with Crippen LogP contribution >= 0.6 is 27.5 Å². The molecule has 0 aliphatic carbocycles. The highest BCUT2D eigenvalue weighted by atomic mass is 79.9. The van der Waals surface area contributed by atoms with Crippen molar-refractivity contribution in [1.82, 2.24) is 0 Å². The van der Waals surface area contributed by atoms with Gasteiger partial charge in [-0.2, -0.15) is 0 Å². The number of benzene rings is 1. The summed E-state index contributed by atoms with van der Waals surface area (Å²) in [6.45, 7) is 2.87. The van der Waals surface area contributed by atoms with Crippen LogP contribution in [0.2, 0.25) is 5.02 Å². The number of phenolic OH excluding ortho intramolecular Hbond substituents is 1. The maximum absolute atomic E-state index is 13.5. The third-order valence-electron chi connectivity index (χ3n) is 1.70. The van der Waals surface area contributed by atoms with Gasteiger partial charge in [-0.25, -0.2) is 4.39 Å². The molecule has 0 atom stereocenters. The minimum Gasteiger partial charge on any atom is -0.505 e. The molecule has 4 heteroatoms. The lowest BCUT2D eigenvalue weighted by Crippen LogP contribution is -2.08. The van der Waals surface area contributed by atoms with Gasteiger partial charge in [0.15, 0.2) is 0 Å². The molecule has 13 heavy (non-hydrogen) atoms. The Morgan fingerprint density at radius 1 is 1.46 bits per heavy atom. The molecule has 0 aliphatic rings. The lowest BCUT2D eigenvalue weighted by Gasteiger charge is -2.15. The minimum absolute atomic E-state index is 0.0605. The summed E-state index contributed by atoms with van der Waals surface area (Å²) in [5.41, 5.74) is -1.03. The maximum atomic E-state index is 13.5. The van der Waals surface area contributed by atoms with Crippen LogP contribution in [0.3, 0.4) is 0 Å². The van der Waals surface area contributed by atoms with Crippen molar-refractivity contribution in [2.45, 2.75) is 19.5 Å². The van der Waals surface area contributed by atoms with E-state index in [0.29, 0.717) is 10.0 Å². The molecule has 1 aromatic carbocycles. The van der Waals surface area contributed by atoms with Gasteiger partial charge in [-0.05, 0) is 47.5 Å². The third kappa shape index (κ3) is 2.35. The summed E-state index contributed by atoms with van der Waals surface area (Å²) in [6, 6.07) is 2.93. The van der Waals surface area contributed by atoms with Crippen molar-refractivity contribution in [1.29, 1.82) is 0 Å². The van der Waals surface area contributed by atoms with Crippen LogP contribution in [-0.4, -0.2) is 5.11 Å². The van der Waals surface area contributed by atoms with E-state index in [2.05, 4.69) is 15.9 Å². The van der Waals surface area contributed by atoms with Crippen LogP contribution in [0.15, 0.2) is 16.6 Å². The summed E-state index contributed by atoms with van der Waals surface area (Å²) in [4.78, 5) is 0. The normalized spacial score (nSPS) is 11.8. The fraction of sp³-hybridized carbons (Fsp3) is 0.333. The van der Waals surface area contributed by atoms with Gasteiger partial charge >= 0.3 is 0 Å². The zero-order valence-electron chi connectivity index (χ0n) is 7.24. The standard InChI is InChI=1S/C9H9BrClFO/c1-9(2,12)5-3-6(10)8(13)7(11)4-5/h3-4,13H,1-2H3. The molecule has 0 saturated carbocycles. The van der Waals surface area contributed by atoms with Crippen molar-refractivity contribution in [2.24, 2.45) is 0 Å². The zero-order chi connectivity index (χ0) is 10.2. The summed E-state index contributed by atoms with van der Waals surface area (Å²) in [7, 11) is 0. The molecule has 0 bridgehead atoms. The molecule has 0 heterocycles.